The van der Waals surface area contributed by atoms with Crippen LogP contribution in [0.2, 0.25) is 0 Å². The van der Waals surface area contributed by atoms with Crippen molar-refractivity contribution >= 4 is 7.82 Å². The molecule has 3 N–H and O–H groups in total. The maximum Gasteiger partial charge on any atom is 0.524 e. The number of nitrogens with one attached hydrogen (secondary N) is 1. The fourth-order valence-corrected chi connectivity index (χ4v) is 0.932. The van der Waals surface area contributed by atoms with Crippen LogP contribution >= 0.6 is 7.82 Å². The normalized spacial score (nSPS) is 11.2. The average Bonchev–Trinajstić information content (AvgIpc) is 1.91. The number of hydrogen-bond donors (Lipinski definition) is 3. The fraction of sp³-hybridized carbons (Fsp3) is 0. The zero-order valence-corrected chi connectivity index (χ0v) is 6.56. The molecule has 1 aromatic heterocycles. The van der Waals surface area contributed by atoms with Crippen molar-refractivity contribution in [1.82, 2.24) is 10.2 Å². The summed E-state index contributed by atoms with van der Waals surface area (Å²) in [5.74, 6) is -0.460. The monoisotopic (exact) mass is 192 g/mol. The van der Waals surface area contributed by atoms with Gasteiger partial charge in [0, 0.05) is 6.07 Å². The number of aromatic nitrogens is 2. The molecule has 1 rings (SSSR count). The summed E-state index contributed by atoms with van der Waals surface area (Å²) in [5.41, 5.74) is -0.791. The van der Waals surface area contributed by atoms with Crippen LogP contribution in [0.25, 0.3) is 0 Å². The second-order valence-electron chi connectivity index (χ2n) is 1.83. The molecule has 7 nitrogen and oxygen atoms in total. The Morgan fingerprint density at radius 2 is 2.25 bits per heavy atom. The number of hydrogen-bond acceptors (Lipinski definition) is 4. The van der Waals surface area contributed by atoms with Crippen molar-refractivity contribution in [2.45, 2.75) is 0 Å². The zero-order valence-electron chi connectivity index (χ0n) is 5.67. The molecule has 0 saturated heterocycles. The molecule has 0 aromatic carbocycles. The van der Waals surface area contributed by atoms with E-state index in [4.69, 9.17) is 9.79 Å². The van der Waals surface area contributed by atoms with Gasteiger partial charge in [0.1, 0.15) is 0 Å². The average molecular weight is 192 g/mol. The van der Waals surface area contributed by atoms with E-state index >= 15 is 0 Å². The summed E-state index contributed by atoms with van der Waals surface area (Å²) in [6.45, 7) is 0. The molecule has 1 aromatic rings. The van der Waals surface area contributed by atoms with E-state index in [1.165, 1.54) is 0 Å². The molecule has 0 atom stereocenters. The number of H-pyrrole nitrogens is 1. The lowest BCUT2D eigenvalue weighted by atomic mass is 10.5. The number of rotatable bonds is 2. The van der Waals surface area contributed by atoms with Gasteiger partial charge < -0.3 is 4.52 Å². The van der Waals surface area contributed by atoms with Crippen molar-refractivity contribution < 1.29 is 18.9 Å². The molecule has 1 heterocycles. The Bertz CT molecular complexity index is 368. The first kappa shape index (κ1) is 8.92. The molecule has 0 aliphatic carbocycles. The fourth-order valence-electron chi connectivity index (χ4n) is 0.532. The van der Waals surface area contributed by atoms with Crippen LogP contribution in [0.4, 0.5) is 0 Å². The third-order valence-corrected chi connectivity index (χ3v) is 1.34. The van der Waals surface area contributed by atoms with Crippen LogP contribution in [0.15, 0.2) is 17.1 Å². The molecule has 0 saturated carbocycles. The summed E-state index contributed by atoms with van der Waals surface area (Å²) in [6.07, 6.45) is 1.15. The first-order valence-electron chi connectivity index (χ1n) is 2.78. The number of phosphoric acid groups is 1. The van der Waals surface area contributed by atoms with Gasteiger partial charge in [0.05, 0.1) is 6.20 Å². The van der Waals surface area contributed by atoms with Crippen molar-refractivity contribution in [3.8, 4) is 5.75 Å². The molecule has 0 radical (unpaired) electrons. The Morgan fingerprint density at radius 3 is 2.75 bits per heavy atom. The van der Waals surface area contributed by atoms with E-state index in [1.54, 1.807) is 0 Å². The van der Waals surface area contributed by atoms with Gasteiger partial charge >= 0.3 is 13.4 Å². The predicted molar refractivity (Wildman–Crippen MR) is 37.5 cm³/mol. The summed E-state index contributed by atoms with van der Waals surface area (Å²) in [7, 11) is -4.66. The minimum Gasteiger partial charge on any atom is -0.398 e. The van der Waals surface area contributed by atoms with Crippen LogP contribution in [0.3, 0.4) is 0 Å². The second-order valence-corrected chi connectivity index (χ2v) is 3.00. The Morgan fingerprint density at radius 1 is 1.58 bits per heavy atom. The van der Waals surface area contributed by atoms with Crippen LogP contribution in [0, 0.1) is 0 Å². The van der Waals surface area contributed by atoms with Gasteiger partial charge in [-0.05, 0) is 0 Å². The molecule has 0 fully saturated rings. The van der Waals surface area contributed by atoms with Gasteiger partial charge in [-0.3, -0.25) is 14.6 Å². The summed E-state index contributed by atoms with van der Waals surface area (Å²) in [4.78, 5) is 27.3. The molecule has 8 heteroatoms. The van der Waals surface area contributed by atoms with Crippen molar-refractivity contribution in [3.05, 3.63) is 22.6 Å². The van der Waals surface area contributed by atoms with Crippen LogP contribution in [-0.2, 0) is 4.57 Å². The molecule has 0 spiro atoms. The Hall–Kier alpha value is -1.17. The molecular formula is C4H5N2O5P. The molecule has 0 amide bonds. The highest BCUT2D eigenvalue weighted by molar-refractivity contribution is 7.46. The van der Waals surface area contributed by atoms with Crippen molar-refractivity contribution in [2.24, 2.45) is 0 Å². The largest absolute Gasteiger partial charge is 0.524 e. The third kappa shape index (κ3) is 2.46. The predicted octanol–water partition coefficient (Wildman–Crippen LogP) is -0.759. The summed E-state index contributed by atoms with van der Waals surface area (Å²) < 4.78 is 14.3. The van der Waals surface area contributed by atoms with Crippen molar-refractivity contribution in [1.29, 1.82) is 0 Å². The van der Waals surface area contributed by atoms with Crippen LogP contribution < -0.4 is 10.1 Å². The molecule has 0 aliphatic heterocycles. The van der Waals surface area contributed by atoms with E-state index in [0.29, 0.717) is 0 Å². The highest BCUT2D eigenvalue weighted by Crippen LogP contribution is 2.35. The lowest BCUT2D eigenvalue weighted by Crippen LogP contribution is -2.10. The number of aromatic amines is 1. The van der Waals surface area contributed by atoms with E-state index in [9.17, 15) is 9.36 Å². The minimum absolute atomic E-state index is 0.460. The highest BCUT2D eigenvalue weighted by atomic mass is 31.2. The maximum atomic E-state index is 10.7. The van der Waals surface area contributed by atoms with Crippen LogP contribution in [0.5, 0.6) is 5.75 Å². The van der Waals surface area contributed by atoms with E-state index in [0.717, 1.165) is 12.3 Å². The van der Waals surface area contributed by atoms with Crippen molar-refractivity contribution in [2.75, 3.05) is 0 Å². The molecule has 66 valence electrons. The first-order valence-corrected chi connectivity index (χ1v) is 4.31. The zero-order chi connectivity index (χ0) is 9.19. The van der Waals surface area contributed by atoms with Gasteiger partial charge in [0.25, 0.3) is 0 Å². The van der Waals surface area contributed by atoms with Gasteiger partial charge in [0.2, 0.25) is 0 Å². The number of nitrogens with zero attached hydrogens (tertiary/aromatic N) is 1. The molecule has 0 bridgehead atoms. The first-order chi connectivity index (χ1) is 5.49. The summed E-state index contributed by atoms with van der Waals surface area (Å²) in [6, 6.07) is 1.05. The number of phosphoric ester groups is 1. The van der Waals surface area contributed by atoms with Crippen molar-refractivity contribution in [3.63, 3.8) is 0 Å². The van der Waals surface area contributed by atoms with Crippen LogP contribution in [-0.4, -0.2) is 20.0 Å². The van der Waals surface area contributed by atoms with E-state index in [1.807, 2.05) is 5.10 Å². The van der Waals surface area contributed by atoms with E-state index in [-0.39, 0.29) is 0 Å². The van der Waals surface area contributed by atoms with Gasteiger partial charge in [0.15, 0.2) is 5.75 Å². The Balaban J connectivity index is 2.99. The van der Waals surface area contributed by atoms with E-state index in [2.05, 4.69) is 9.62 Å². The molecule has 0 aliphatic rings. The van der Waals surface area contributed by atoms with Crippen LogP contribution in [0.1, 0.15) is 0 Å². The van der Waals surface area contributed by atoms with Gasteiger partial charge in [-0.15, -0.1) is 0 Å². The maximum absolute atomic E-state index is 10.7. The Kier molecular flexibility index (Phi) is 2.27. The summed E-state index contributed by atoms with van der Waals surface area (Å²) in [5, 5.41) is 5.25. The summed E-state index contributed by atoms with van der Waals surface area (Å²) >= 11 is 0. The second kappa shape index (κ2) is 3.06. The molecule has 0 unspecified atom stereocenters. The van der Waals surface area contributed by atoms with E-state index < -0.39 is 19.1 Å². The highest BCUT2D eigenvalue weighted by Gasteiger charge is 2.17. The quantitative estimate of drug-likeness (QED) is 0.531. The lowest BCUT2D eigenvalue weighted by molar-refractivity contribution is 0.281. The topological polar surface area (TPSA) is 113 Å². The Labute approximate surface area is 66.3 Å². The standard InChI is InChI=1S/C4H5N2O5P/c7-4-3(1-2-5-6-4)11-12(8,9)10/h1-2H,(H,6,7)(H2,8,9,10). The van der Waals surface area contributed by atoms with Gasteiger partial charge in [-0.1, -0.05) is 0 Å². The molecular weight excluding hydrogens is 187 g/mol. The van der Waals surface area contributed by atoms with Gasteiger partial charge in [-0.2, -0.15) is 5.10 Å². The lowest BCUT2D eigenvalue weighted by Gasteiger charge is -2.03. The minimum atomic E-state index is -4.66. The molecule has 12 heavy (non-hydrogen) atoms. The smallest absolute Gasteiger partial charge is 0.398 e. The third-order valence-electron chi connectivity index (χ3n) is 0.908. The SMILES string of the molecule is O=c1[nH]nccc1OP(=O)(O)O. The van der Waals surface area contributed by atoms with Gasteiger partial charge in [-0.25, -0.2) is 9.66 Å².